The van der Waals surface area contributed by atoms with Crippen LogP contribution >= 0.6 is 11.3 Å². The molecule has 5 heteroatoms. The quantitative estimate of drug-likeness (QED) is 0.688. The van der Waals surface area contributed by atoms with Gasteiger partial charge in [-0.15, -0.1) is 11.3 Å². The van der Waals surface area contributed by atoms with Crippen molar-refractivity contribution in [3.63, 3.8) is 0 Å². The SMILES string of the molecule is Cc1cccn(-c2ccc3nc(C4CC(N(C)C(C)C)C4)sc3c2)c1=O. The maximum absolute atomic E-state index is 12.4. The van der Waals surface area contributed by atoms with Crippen LogP contribution in [0.4, 0.5) is 0 Å². The topological polar surface area (TPSA) is 38.1 Å². The molecule has 1 saturated carbocycles. The summed E-state index contributed by atoms with van der Waals surface area (Å²) in [6.45, 7) is 6.35. The van der Waals surface area contributed by atoms with Gasteiger partial charge in [-0.05, 0) is 64.9 Å². The van der Waals surface area contributed by atoms with Gasteiger partial charge in [-0.2, -0.15) is 0 Å². The number of nitrogens with zero attached hydrogens (tertiary/aromatic N) is 3. The third-order valence-electron chi connectivity index (χ3n) is 5.66. The monoisotopic (exact) mass is 367 g/mol. The molecule has 0 aliphatic heterocycles. The molecule has 26 heavy (non-hydrogen) atoms. The van der Waals surface area contributed by atoms with Crippen molar-refractivity contribution in [2.24, 2.45) is 0 Å². The maximum Gasteiger partial charge on any atom is 0.257 e. The van der Waals surface area contributed by atoms with Gasteiger partial charge < -0.3 is 4.90 Å². The van der Waals surface area contributed by atoms with E-state index in [1.54, 1.807) is 15.9 Å². The lowest BCUT2D eigenvalue weighted by Gasteiger charge is -2.42. The van der Waals surface area contributed by atoms with Gasteiger partial charge in [0.2, 0.25) is 0 Å². The molecule has 0 saturated heterocycles. The Balaban J connectivity index is 1.59. The van der Waals surface area contributed by atoms with Crippen molar-refractivity contribution in [3.05, 3.63) is 57.5 Å². The summed E-state index contributed by atoms with van der Waals surface area (Å²) in [5.41, 5.74) is 2.74. The van der Waals surface area contributed by atoms with Gasteiger partial charge in [0.25, 0.3) is 5.56 Å². The van der Waals surface area contributed by atoms with Gasteiger partial charge in [-0.3, -0.25) is 9.36 Å². The van der Waals surface area contributed by atoms with Gasteiger partial charge >= 0.3 is 0 Å². The second-order valence-corrected chi connectivity index (χ2v) is 8.71. The van der Waals surface area contributed by atoms with Crippen LogP contribution in [0.3, 0.4) is 0 Å². The highest BCUT2D eigenvalue weighted by atomic mass is 32.1. The standard InChI is InChI=1S/C21H25N3OS/c1-13(2)23(4)17-10-15(11-17)20-22-18-8-7-16(12-19(18)26-20)24-9-5-6-14(3)21(24)25/h5-9,12-13,15,17H,10-11H2,1-4H3. The number of rotatable bonds is 4. The van der Waals surface area contributed by atoms with E-state index in [1.165, 1.54) is 17.8 Å². The second-order valence-electron chi connectivity index (χ2n) is 7.65. The lowest BCUT2D eigenvalue weighted by molar-refractivity contribution is 0.108. The Morgan fingerprint density at radius 2 is 2.04 bits per heavy atom. The third-order valence-corrected chi connectivity index (χ3v) is 6.84. The van der Waals surface area contributed by atoms with Crippen molar-refractivity contribution < 1.29 is 0 Å². The summed E-state index contributed by atoms with van der Waals surface area (Å²) >= 11 is 1.78. The summed E-state index contributed by atoms with van der Waals surface area (Å²) in [7, 11) is 2.22. The van der Waals surface area contributed by atoms with Crippen LogP contribution in [0.15, 0.2) is 41.3 Å². The Bertz CT molecular complexity index is 998. The number of hydrogen-bond donors (Lipinski definition) is 0. The molecule has 0 spiro atoms. The highest BCUT2D eigenvalue weighted by Gasteiger charge is 2.35. The zero-order valence-electron chi connectivity index (χ0n) is 15.8. The molecule has 2 heterocycles. The van der Waals surface area contributed by atoms with Crippen LogP contribution in [0.2, 0.25) is 0 Å². The molecular weight excluding hydrogens is 342 g/mol. The number of aryl methyl sites for hydroxylation is 1. The van der Waals surface area contributed by atoms with Crippen LogP contribution in [0, 0.1) is 6.92 Å². The first-order valence-electron chi connectivity index (χ1n) is 9.25. The van der Waals surface area contributed by atoms with Crippen molar-refractivity contribution in [2.45, 2.75) is 51.6 Å². The molecule has 1 aliphatic rings. The smallest absolute Gasteiger partial charge is 0.257 e. The Hall–Kier alpha value is -1.98. The fourth-order valence-corrected chi connectivity index (χ4v) is 4.73. The minimum absolute atomic E-state index is 0.0372. The molecule has 3 aromatic rings. The molecule has 0 N–H and O–H groups in total. The molecule has 0 amide bonds. The van der Waals surface area contributed by atoms with Crippen LogP contribution in [-0.2, 0) is 0 Å². The maximum atomic E-state index is 12.4. The number of hydrogen-bond acceptors (Lipinski definition) is 4. The Morgan fingerprint density at radius 3 is 2.77 bits per heavy atom. The van der Waals surface area contributed by atoms with Crippen LogP contribution in [0.1, 0.15) is 43.2 Å². The van der Waals surface area contributed by atoms with Gasteiger partial charge in [0.05, 0.1) is 20.9 Å². The van der Waals surface area contributed by atoms with Gasteiger partial charge in [-0.1, -0.05) is 6.07 Å². The summed E-state index contributed by atoms with van der Waals surface area (Å²) in [5, 5.41) is 1.24. The molecule has 1 aliphatic carbocycles. The van der Waals surface area contributed by atoms with E-state index >= 15 is 0 Å². The van der Waals surface area contributed by atoms with Crippen LogP contribution in [-0.4, -0.2) is 33.6 Å². The van der Waals surface area contributed by atoms with E-state index < -0.39 is 0 Å². The third kappa shape index (κ3) is 2.99. The van der Waals surface area contributed by atoms with E-state index in [0.29, 0.717) is 18.0 Å². The van der Waals surface area contributed by atoms with Gasteiger partial charge in [0.1, 0.15) is 0 Å². The molecular formula is C21H25N3OS. The van der Waals surface area contributed by atoms with E-state index in [2.05, 4.69) is 31.9 Å². The predicted molar refractivity (Wildman–Crippen MR) is 109 cm³/mol. The largest absolute Gasteiger partial charge is 0.301 e. The van der Waals surface area contributed by atoms with Crippen molar-refractivity contribution in [2.75, 3.05) is 7.05 Å². The van der Waals surface area contributed by atoms with Gasteiger partial charge in [0.15, 0.2) is 0 Å². The molecule has 4 nitrogen and oxygen atoms in total. The fraction of sp³-hybridized carbons (Fsp3) is 0.429. The molecule has 0 atom stereocenters. The minimum atomic E-state index is 0.0372. The van der Waals surface area contributed by atoms with Gasteiger partial charge in [0, 0.05) is 29.8 Å². The molecule has 4 rings (SSSR count). The highest BCUT2D eigenvalue weighted by molar-refractivity contribution is 7.18. The average Bonchev–Trinajstić information content (AvgIpc) is 2.98. The summed E-state index contributed by atoms with van der Waals surface area (Å²) in [5.74, 6) is 0.573. The van der Waals surface area contributed by atoms with E-state index in [0.717, 1.165) is 21.5 Å². The van der Waals surface area contributed by atoms with E-state index in [1.807, 2.05) is 37.4 Å². The second kappa shape index (κ2) is 6.63. The van der Waals surface area contributed by atoms with Crippen LogP contribution < -0.4 is 5.56 Å². The molecule has 0 radical (unpaired) electrons. The number of benzene rings is 1. The van der Waals surface area contributed by atoms with Crippen molar-refractivity contribution in [1.82, 2.24) is 14.5 Å². The summed E-state index contributed by atoms with van der Waals surface area (Å²) < 4.78 is 2.87. The average molecular weight is 368 g/mol. The summed E-state index contributed by atoms with van der Waals surface area (Å²) in [6, 6.07) is 11.1. The first-order valence-corrected chi connectivity index (χ1v) is 10.1. The van der Waals surface area contributed by atoms with E-state index in [4.69, 9.17) is 4.98 Å². The minimum Gasteiger partial charge on any atom is -0.301 e. The zero-order valence-corrected chi connectivity index (χ0v) is 16.6. The van der Waals surface area contributed by atoms with Crippen LogP contribution in [0.25, 0.3) is 15.9 Å². The van der Waals surface area contributed by atoms with Crippen LogP contribution in [0.5, 0.6) is 0 Å². The fourth-order valence-electron chi connectivity index (χ4n) is 3.60. The van der Waals surface area contributed by atoms with Gasteiger partial charge in [-0.25, -0.2) is 4.98 Å². The van der Waals surface area contributed by atoms with Crippen molar-refractivity contribution >= 4 is 21.6 Å². The molecule has 1 aromatic carbocycles. The van der Waals surface area contributed by atoms with Crippen molar-refractivity contribution in [3.8, 4) is 5.69 Å². The molecule has 2 aromatic heterocycles. The predicted octanol–water partition coefficient (Wildman–Crippen LogP) is 4.34. The van der Waals surface area contributed by atoms with Crippen molar-refractivity contribution in [1.29, 1.82) is 0 Å². The Morgan fingerprint density at radius 1 is 1.27 bits per heavy atom. The summed E-state index contributed by atoms with van der Waals surface area (Å²) in [6.07, 6.45) is 4.22. The first kappa shape index (κ1) is 17.4. The molecule has 1 fully saturated rings. The number of pyridine rings is 1. The number of aromatic nitrogens is 2. The normalized spacial score (nSPS) is 20.1. The van der Waals surface area contributed by atoms with E-state index in [-0.39, 0.29) is 5.56 Å². The number of thiazole rings is 1. The highest BCUT2D eigenvalue weighted by Crippen LogP contribution is 2.42. The Labute approximate surface area is 158 Å². The zero-order chi connectivity index (χ0) is 18.4. The Kier molecular flexibility index (Phi) is 4.45. The number of fused-ring (bicyclic) bond motifs is 1. The summed E-state index contributed by atoms with van der Waals surface area (Å²) in [4.78, 5) is 19.7. The van der Waals surface area contributed by atoms with E-state index in [9.17, 15) is 4.79 Å². The molecule has 0 unspecified atom stereocenters. The molecule has 136 valence electrons. The first-order chi connectivity index (χ1) is 12.4. The molecule has 0 bridgehead atoms. The lowest BCUT2D eigenvalue weighted by Crippen LogP contribution is -2.44. The lowest BCUT2D eigenvalue weighted by atomic mass is 9.79.